The molecule has 0 saturated carbocycles. The quantitative estimate of drug-likeness (QED) is 0.672. The van der Waals surface area contributed by atoms with Gasteiger partial charge in [-0.25, -0.2) is 0 Å². The maximum absolute atomic E-state index is 11.7. The second kappa shape index (κ2) is 5.50. The second-order valence-corrected chi connectivity index (χ2v) is 4.79. The highest BCUT2D eigenvalue weighted by Crippen LogP contribution is 2.23. The molecule has 0 spiro atoms. The Bertz CT molecular complexity index is 216. The molecule has 1 aliphatic rings. The molecule has 0 aromatic carbocycles. The lowest BCUT2D eigenvalue weighted by atomic mass is 9.95. The summed E-state index contributed by atoms with van der Waals surface area (Å²) in [6.45, 7) is 7.41. The van der Waals surface area contributed by atoms with Crippen molar-refractivity contribution >= 4 is 5.97 Å². The molecule has 0 unspecified atom stereocenters. The topological polar surface area (TPSA) is 29.5 Å². The van der Waals surface area contributed by atoms with Crippen LogP contribution in [0.4, 0.5) is 0 Å². The van der Waals surface area contributed by atoms with E-state index < -0.39 is 0 Å². The van der Waals surface area contributed by atoms with E-state index >= 15 is 0 Å². The van der Waals surface area contributed by atoms with Gasteiger partial charge in [0, 0.05) is 6.04 Å². The van der Waals surface area contributed by atoms with Gasteiger partial charge in [-0.1, -0.05) is 20.3 Å². The van der Waals surface area contributed by atoms with Crippen molar-refractivity contribution in [3.8, 4) is 0 Å². The van der Waals surface area contributed by atoms with Crippen LogP contribution in [-0.2, 0) is 9.53 Å². The Morgan fingerprint density at radius 2 is 2.07 bits per heavy atom. The van der Waals surface area contributed by atoms with Crippen molar-refractivity contribution in [1.29, 1.82) is 0 Å². The molecule has 1 heterocycles. The number of carbonyl (C=O) groups excluding carboxylic acids is 1. The minimum atomic E-state index is -0.0845. The van der Waals surface area contributed by atoms with E-state index in [2.05, 4.69) is 25.7 Å². The fourth-order valence-corrected chi connectivity index (χ4v) is 2.44. The molecule has 88 valence electrons. The van der Waals surface area contributed by atoms with E-state index in [1.54, 1.807) is 0 Å². The molecular formula is C12H23NO2. The second-order valence-electron chi connectivity index (χ2n) is 4.79. The lowest BCUT2D eigenvalue weighted by molar-refractivity contribution is -0.150. The minimum absolute atomic E-state index is 0.0645. The van der Waals surface area contributed by atoms with Crippen LogP contribution in [0.2, 0.25) is 0 Å². The summed E-state index contributed by atoms with van der Waals surface area (Å²) in [5.41, 5.74) is 0. The minimum Gasteiger partial charge on any atom is -0.468 e. The van der Waals surface area contributed by atoms with Gasteiger partial charge in [-0.3, -0.25) is 9.69 Å². The van der Waals surface area contributed by atoms with Crippen molar-refractivity contribution in [3.05, 3.63) is 0 Å². The Labute approximate surface area is 92.8 Å². The monoisotopic (exact) mass is 213 g/mol. The van der Waals surface area contributed by atoms with E-state index in [-0.39, 0.29) is 12.0 Å². The number of likely N-dealkylation sites (tertiary alicyclic amines) is 1. The first kappa shape index (κ1) is 12.5. The zero-order valence-corrected chi connectivity index (χ0v) is 10.3. The third kappa shape index (κ3) is 2.94. The zero-order valence-electron chi connectivity index (χ0n) is 10.3. The van der Waals surface area contributed by atoms with Crippen LogP contribution < -0.4 is 0 Å². The molecule has 1 rings (SSSR count). The summed E-state index contributed by atoms with van der Waals surface area (Å²) in [4.78, 5) is 14.0. The molecule has 0 radical (unpaired) electrons. The number of hydrogen-bond donors (Lipinski definition) is 0. The smallest absolute Gasteiger partial charge is 0.323 e. The average Bonchev–Trinajstić information content (AvgIpc) is 2.20. The van der Waals surface area contributed by atoms with E-state index in [9.17, 15) is 4.79 Å². The summed E-state index contributed by atoms with van der Waals surface area (Å²) < 4.78 is 4.89. The molecule has 3 nitrogen and oxygen atoms in total. The zero-order chi connectivity index (χ0) is 11.4. The first-order chi connectivity index (χ1) is 7.07. The number of carbonyl (C=O) groups is 1. The Balaban J connectivity index is 2.73. The largest absolute Gasteiger partial charge is 0.468 e. The molecule has 1 aliphatic heterocycles. The highest BCUT2D eigenvalue weighted by atomic mass is 16.5. The number of rotatable bonds is 3. The Hall–Kier alpha value is -0.570. The van der Waals surface area contributed by atoms with Crippen LogP contribution in [0.1, 0.15) is 40.0 Å². The van der Waals surface area contributed by atoms with Gasteiger partial charge < -0.3 is 4.74 Å². The molecule has 1 fully saturated rings. The Morgan fingerprint density at radius 1 is 1.40 bits per heavy atom. The van der Waals surface area contributed by atoms with Crippen LogP contribution in [0.3, 0.4) is 0 Å². The van der Waals surface area contributed by atoms with E-state index in [4.69, 9.17) is 4.74 Å². The van der Waals surface area contributed by atoms with Gasteiger partial charge in [0.05, 0.1) is 7.11 Å². The molecule has 1 saturated heterocycles. The van der Waals surface area contributed by atoms with E-state index in [0.29, 0.717) is 12.0 Å². The van der Waals surface area contributed by atoms with Crippen molar-refractivity contribution in [2.24, 2.45) is 5.92 Å². The standard InChI is InChI=1S/C12H23NO2/c1-9(2)11(12(14)15-4)13-8-6-5-7-10(13)3/h9-11H,5-8H2,1-4H3/t10-,11+/m0/s1. The van der Waals surface area contributed by atoms with Gasteiger partial charge in [-0.05, 0) is 32.2 Å². The van der Waals surface area contributed by atoms with Gasteiger partial charge in [0.1, 0.15) is 6.04 Å². The number of ether oxygens (including phenoxy) is 1. The fraction of sp³-hybridized carbons (Fsp3) is 0.917. The summed E-state index contributed by atoms with van der Waals surface area (Å²) in [5.74, 6) is 0.233. The molecule has 0 aromatic rings. The maximum atomic E-state index is 11.7. The van der Waals surface area contributed by atoms with Crippen LogP contribution in [-0.4, -0.2) is 36.6 Å². The van der Waals surface area contributed by atoms with Crippen LogP contribution in [0.15, 0.2) is 0 Å². The van der Waals surface area contributed by atoms with Gasteiger partial charge in [-0.15, -0.1) is 0 Å². The number of piperidine rings is 1. The molecule has 15 heavy (non-hydrogen) atoms. The number of methoxy groups -OCH3 is 1. The molecule has 0 aromatic heterocycles. The molecule has 2 atom stereocenters. The lowest BCUT2D eigenvalue weighted by Gasteiger charge is -2.39. The molecule has 0 aliphatic carbocycles. The van der Waals surface area contributed by atoms with E-state index in [1.165, 1.54) is 26.4 Å². The van der Waals surface area contributed by atoms with E-state index in [0.717, 1.165) is 6.54 Å². The number of nitrogens with zero attached hydrogens (tertiary/aromatic N) is 1. The van der Waals surface area contributed by atoms with Gasteiger partial charge in [0.25, 0.3) is 0 Å². The third-order valence-electron chi connectivity index (χ3n) is 3.29. The molecule has 0 N–H and O–H groups in total. The van der Waals surface area contributed by atoms with Gasteiger partial charge >= 0.3 is 5.97 Å². The predicted molar refractivity (Wildman–Crippen MR) is 60.7 cm³/mol. The van der Waals surface area contributed by atoms with Gasteiger partial charge in [0.15, 0.2) is 0 Å². The summed E-state index contributed by atoms with van der Waals surface area (Å²) in [7, 11) is 1.48. The number of esters is 1. The molecular weight excluding hydrogens is 190 g/mol. The first-order valence-electron chi connectivity index (χ1n) is 5.91. The van der Waals surface area contributed by atoms with Crippen molar-refractivity contribution in [3.63, 3.8) is 0 Å². The van der Waals surface area contributed by atoms with Gasteiger partial charge in [0.2, 0.25) is 0 Å². The summed E-state index contributed by atoms with van der Waals surface area (Å²) in [6, 6.07) is 0.440. The van der Waals surface area contributed by atoms with Crippen molar-refractivity contribution < 1.29 is 9.53 Å². The van der Waals surface area contributed by atoms with Crippen LogP contribution in [0, 0.1) is 5.92 Å². The van der Waals surface area contributed by atoms with Crippen LogP contribution in [0.25, 0.3) is 0 Å². The lowest BCUT2D eigenvalue weighted by Crippen LogP contribution is -2.51. The fourth-order valence-electron chi connectivity index (χ4n) is 2.44. The third-order valence-corrected chi connectivity index (χ3v) is 3.29. The SMILES string of the molecule is COC(=O)[C@@H](C(C)C)N1CCCC[C@@H]1C. The van der Waals surface area contributed by atoms with Crippen LogP contribution in [0.5, 0.6) is 0 Å². The molecule has 3 heteroatoms. The van der Waals surface area contributed by atoms with Crippen molar-refractivity contribution in [2.75, 3.05) is 13.7 Å². The predicted octanol–water partition coefficient (Wildman–Crippen LogP) is 2.06. The Kier molecular flexibility index (Phi) is 4.58. The van der Waals surface area contributed by atoms with E-state index in [1.807, 2.05) is 0 Å². The summed E-state index contributed by atoms with van der Waals surface area (Å²) in [6.07, 6.45) is 3.68. The normalized spacial score (nSPS) is 25.3. The van der Waals surface area contributed by atoms with Crippen molar-refractivity contribution in [2.45, 2.75) is 52.1 Å². The van der Waals surface area contributed by atoms with Gasteiger partial charge in [-0.2, -0.15) is 0 Å². The first-order valence-corrected chi connectivity index (χ1v) is 5.91. The maximum Gasteiger partial charge on any atom is 0.323 e. The highest BCUT2D eigenvalue weighted by molar-refractivity contribution is 5.76. The number of hydrogen-bond acceptors (Lipinski definition) is 3. The highest BCUT2D eigenvalue weighted by Gasteiger charge is 2.33. The average molecular weight is 213 g/mol. The van der Waals surface area contributed by atoms with Crippen molar-refractivity contribution in [1.82, 2.24) is 4.90 Å². The summed E-state index contributed by atoms with van der Waals surface area (Å²) in [5, 5.41) is 0. The Morgan fingerprint density at radius 3 is 2.53 bits per heavy atom. The summed E-state index contributed by atoms with van der Waals surface area (Å²) >= 11 is 0. The molecule has 0 amide bonds. The van der Waals surface area contributed by atoms with Crippen LogP contribution >= 0.6 is 0 Å². The molecule has 0 bridgehead atoms.